The third-order valence-electron chi connectivity index (χ3n) is 5.25. The third-order valence-corrected chi connectivity index (χ3v) is 5.25. The lowest BCUT2D eigenvalue weighted by atomic mass is 10.00. The average molecular weight is 316 g/mol. The smallest absolute Gasteiger partial charge is 0.0805 e. The normalized spacial score (nSPS) is 17.4. The highest BCUT2D eigenvalue weighted by Gasteiger charge is 2.35. The Bertz CT molecular complexity index is 942. The summed E-state index contributed by atoms with van der Waals surface area (Å²) in [5.41, 5.74) is 14.0. The summed E-state index contributed by atoms with van der Waals surface area (Å²) < 4.78 is 0. The molecule has 0 radical (unpaired) electrons. The van der Waals surface area contributed by atoms with Crippen LogP contribution in [-0.2, 0) is 13.1 Å². The van der Waals surface area contributed by atoms with Crippen molar-refractivity contribution >= 4 is 16.6 Å². The molecule has 2 aromatic heterocycles. The number of nitrogens with two attached hydrogens (primary N) is 1. The first-order chi connectivity index (χ1) is 11.7. The van der Waals surface area contributed by atoms with E-state index in [2.05, 4.69) is 34.1 Å². The van der Waals surface area contributed by atoms with Gasteiger partial charge >= 0.3 is 0 Å². The van der Waals surface area contributed by atoms with Crippen LogP contribution in [0.3, 0.4) is 0 Å². The molecule has 0 spiro atoms. The van der Waals surface area contributed by atoms with Crippen LogP contribution in [0.25, 0.3) is 22.0 Å². The molecule has 1 aromatic carbocycles. The van der Waals surface area contributed by atoms with Crippen molar-refractivity contribution in [1.29, 1.82) is 0 Å². The van der Waals surface area contributed by atoms with Gasteiger partial charge in [-0.3, -0.25) is 14.9 Å². The number of hydrogen-bond acceptors (Lipinski definition) is 4. The van der Waals surface area contributed by atoms with Gasteiger partial charge in [0.2, 0.25) is 0 Å². The number of benzene rings is 1. The molecule has 5 rings (SSSR count). The van der Waals surface area contributed by atoms with Crippen LogP contribution in [0.1, 0.15) is 29.8 Å². The standard InChI is InChI=1S/C20H20N4/c1-12-5-6-13(9-22-12)15-3-2-4-16-19(21)17-10-24(14-7-8-14)11-18(17)23-20(15)16/h2-6,9,14H,7-8,10-11H2,1H3,(H2,21,23). The second-order valence-corrected chi connectivity index (χ2v) is 6.98. The maximum atomic E-state index is 6.54. The van der Waals surface area contributed by atoms with Gasteiger partial charge in [0.15, 0.2) is 0 Å². The molecule has 2 aliphatic rings. The van der Waals surface area contributed by atoms with Gasteiger partial charge in [0.1, 0.15) is 0 Å². The van der Waals surface area contributed by atoms with Crippen molar-refractivity contribution in [3.63, 3.8) is 0 Å². The molecule has 3 aromatic rings. The summed E-state index contributed by atoms with van der Waals surface area (Å²) in [6, 6.07) is 11.2. The van der Waals surface area contributed by atoms with Gasteiger partial charge in [0, 0.05) is 58.8 Å². The monoisotopic (exact) mass is 316 g/mol. The topological polar surface area (TPSA) is 55.0 Å². The molecular formula is C20H20N4. The van der Waals surface area contributed by atoms with Crippen LogP contribution in [0, 0.1) is 6.92 Å². The number of nitrogen functional groups attached to an aromatic ring is 1. The quantitative estimate of drug-likeness (QED) is 0.784. The molecule has 0 saturated heterocycles. The summed E-state index contributed by atoms with van der Waals surface area (Å²) in [6.45, 7) is 3.88. The predicted octanol–water partition coefficient (Wildman–Crippen LogP) is 3.67. The van der Waals surface area contributed by atoms with E-state index in [4.69, 9.17) is 10.7 Å². The number of nitrogens with zero attached hydrogens (tertiary/aromatic N) is 3. The molecule has 4 nitrogen and oxygen atoms in total. The highest BCUT2D eigenvalue weighted by molar-refractivity contribution is 6.01. The zero-order valence-electron chi connectivity index (χ0n) is 13.8. The Morgan fingerprint density at radius 3 is 2.75 bits per heavy atom. The van der Waals surface area contributed by atoms with E-state index in [1.165, 1.54) is 18.4 Å². The Kier molecular flexibility index (Phi) is 2.91. The molecule has 2 N–H and O–H groups in total. The third kappa shape index (κ3) is 2.10. The van der Waals surface area contributed by atoms with Crippen molar-refractivity contribution in [2.45, 2.75) is 38.9 Å². The zero-order chi connectivity index (χ0) is 16.3. The van der Waals surface area contributed by atoms with Crippen LogP contribution >= 0.6 is 0 Å². The molecule has 0 amide bonds. The maximum Gasteiger partial charge on any atom is 0.0805 e. The number of anilines is 1. The lowest BCUT2D eigenvalue weighted by molar-refractivity contribution is 0.272. The molecule has 1 aliphatic heterocycles. The molecule has 24 heavy (non-hydrogen) atoms. The molecule has 1 aliphatic carbocycles. The Hall–Kier alpha value is -2.46. The molecule has 120 valence electrons. The molecule has 4 heteroatoms. The van der Waals surface area contributed by atoms with Gasteiger partial charge in [-0.25, -0.2) is 0 Å². The van der Waals surface area contributed by atoms with Crippen LogP contribution in [0.2, 0.25) is 0 Å². The molecule has 1 saturated carbocycles. The SMILES string of the molecule is Cc1ccc(-c2cccc3c(N)c4c(nc23)CN(C2CC2)C4)cn1. The number of aryl methyl sites for hydroxylation is 1. The zero-order valence-corrected chi connectivity index (χ0v) is 13.8. The molecular weight excluding hydrogens is 296 g/mol. The number of fused-ring (bicyclic) bond motifs is 2. The fourth-order valence-electron chi connectivity index (χ4n) is 3.72. The Labute approximate surface area is 141 Å². The van der Waals surface area contributed by atoms with Crippen molar-refractivity contribution < 1.29 is 0 Å². The number of hydrogen-bond donors (Lipinski definition) is 1. The van der Waals surface area contributed by atoms with Crippen LogP contribution in [0.5, 0.6) is 0 Å². The van der Waals surface area contributed by atoms with Gasteiger partial charge in [-0.15, -0.1) is 0 Å². The molecule has 3 heterocycles. The molecule has 1 fully saturated rings. The van der Waals surface area contributed by atoms with E-state index in [0.29, 0.717) is 0 Å². The van der Waals surface area contributed by atoms with E-state index in [1.807, 2.05) is 19.2 Å². The van der Waals surface area contributed by atoms with E-state index in [9.17, 15) is 0 Å². The van der Waals surface area contributed by atoms with Crippen molar-refractivity contribution in [3.8, 4) is 11.1 Å². The highest BCUT2D eigenvalue weighted by atomic mass is 15.2. The van der Waals surface area contributed by atoms with Gasteiger partial charge < -0.3 is 5.73 Å². The summed E-state index contributed by atoms with van der Waals surface area (Å²) in [5.74, 6) is 0. The van der Waals surface area contributed by atoms with E-state index >= 15 is 0 Å². The first kappa shape index (κ1) is 13.9. The largest absolute Gasteiger partial charge is 0.398 e. The second kappa shape index (κ2) is 5.02. The van der Waals surface area contributed by atoms with Gasteiger partial charge in [0.05, 0.1) is 11.2 Å². The van der Waals surface area contributed by atoms with Crippen molar-refractivity contribution in [3.05, 3.63) is 53.5 Å². The number of para-hydroxylation sites is 1. The van der Waals surface area contributed by atoms with E-state index in [0.717, 1.165) is 58.2 Å². The Morgan fingerprint density at radius 2 is 2.00 bits per heavy atom. The Balaban J connectivity index is 1.69. The van der Waals surface area contributed by atoms with Crippen LogP contribution in [0.4, 0.5) is 5.69 Å². The fraction of sp³-hybridized carbons (Fsp3) is 0.300. The lowest BCUT2D eigenvalue weighted by Crippen LogP contribution is -2.18. The first-order valence-corrected chi connectivity index (χ1v) is 8.58. The summed E-state index contributed by atoms with van der Waals surface area (Å²) >= 11 is 0. The highest BCUT2D eigenvalue weighted by Crippen LogP contribution is 2.39. The maximum absolute atomic E-state index is 6.54. The van der Waals surface area contributed by atoms with E-state index < -0.39 is 0 Å². The fourth-order valence-corrected chi connectivity index (χ4v) is 3.72. The lowest BCUT2D eigenvalue weighted by Gasteiger charge is -2.12. The van der Waals surface area contributed by atoms with Gasteiger partial charge in [-0.2, -0.15) is 0 Å². The molecule has 0 atom stereocenters. The first-order valence-electron chi connectivity index (χ1n) is 8.58. The minimum absolute atomic E-state index is 0.738. The minimum Gasteiger partial charge on any atom is -0.398 e. The summed E-state index contributed by atoms with van der Waals surface area (Å²) in [6.07, 6.45) is 4.55. The van der Waals surface area contributed by atoms with Crippen molar-refractivity contribution in [1.82, 2.24) is 14.9 Å². The van der Waals surface area contributed by atoms with Gasteiger partial charge in [-0.1, -0.05) is 24.3 Å². The van der Waals surface area contributed by atoms with Crippen LogP contribution in [-0.4, -0.2) is 20.9 Å². The van der Waals surface area contributed by atoms with Crippen molar-refractivity contribution in [2.75, 3.05) is 5.73 Å². The average Bonchev–Trinajstić information content (AvgIpc) is 3.35. The van der Waals surface area contributed by atoms with Gasteiger partial charge in [-0.05, 0) is 25.8 Å². The van der Waals surface area contributed by atoms with Gasteiger partial charge in [0.25, 0.3) is 0 Å². The second-order valence-electron chi connectivity index (χ2n) is 6.98. The van der Waals surface area contributed by atoms with E-state index in [1.54, 1.807) is 0 Å². The van der Waals surface area contributed by atoms with Crippen LogP contribution < -0.4 is 5.73 Å². The Morgan fingerprint density at radius 1 is 1.12 bits per heavy atom. The predicted molar refractivity (Wildman–Crippen MR) is 96.4 cm³/mol. The summed E-state index contributed by atoms with van der Waals surface area (Å²) in [5, 5.41) is 1.06. The van der Waals surface area contributed by atoms with E-state index in [-0.39, 0.29) is 0 Å². The number of pyridine rings is 2. The number of rotatable bonds is 2. The van der Waals surface area contributed by atoms with Crippen LogP contribution in [0.15, 0.2) is 36.5 Å². The number of aromatic nitrogens is 2. The van der Waals surface area contributed by atoms with Crippen molar-refractivity contribution in [2.24, 2.45) is 0 Å². The molecule has 0 unspecified atom stereocenters. The minimum atomic E-state index is 0.738. The summed E-state index contributed by atoms with van der Waals surface area (Å²) in [4.78, 5) is 12.0. The molecule has 0 bridgehead atoms. The summed E-state index contributed by atoms with van der Waals surface area (Å²) in [7, 11) is 0.